The molecule has 1 aliphatic rings. The first kappa shape index (κ1) is 25.1. The quantitative estimate of drug-likeness (QED) is 0.368. The summed E-state index contributed by atoms with van der Waals surface area (Å²) >= 11 is 0. The van der Waals surface area contributed by atoms with Crippen molar-refractivity contribution < 1.29 is 28.7 Å². The number of amides is 2. The van der Waals surface area contributed by atoms with E-state index in [2.05, 4.69) is 25.9 Å². The minimum Gasteiger partial charge on any atom is -0.465 e. The summed E-state index contributed by atoms with van der Waals surface area (Å²) < 4.78 is 9.40. The van der Waals surface area contributed by atoms with Crippen LogP contribution in [0.3, 0.4) is 0 Å². The molecule has 0 radical (unpaired) electrons. The van der Waals surface area contributed by atoms with Crippen molar-refractivity contribution in [2.75, 3.05) is 30.2 Å². The maximum Gasteiger partial charge on any atom is 0.337 e. The van der Waals surface area contributed by atoms with E-state index < -0.39 is 35.2 Å². The second kappa shape index (κ2) is 10.3. The Morgan fingerprint density at radius 3 is 2.16 bits per heavy atom. The molecule has 0 aliphatic carbocycles. The van der Waals surface area contributed by atoms with Gasteiger partial charge in [0.15, 0.2) is 0 Å². The number of aromatic nitrogens is 2. The molecular weight excluding hydrogens is 482 g/mol. The number of anilines is 4. The topological polar surface area (TPSA) is 169 Å². The third kappa shape index (κ3) is 5.48. The lowest BCUT2D eigenvalue weighted by molar-refractivity contribution is -0.123. The molecule has 37 heavy (non-hydrogen) atoms. The standard InChI is InChI=1S/C25H23N5O7/c1-12-4-6-15(7-5-12)27-25-29-20-19(22(33)30-25)17(11-18(31)28-20)21(32)26-16-9-13(23(34)36-2)8-14(10-16)24(35)37-3/h4-10,17H,11H2,1-3H3,(H,26,32)(H3,27,28,29,30,31,33)/t17-/m0/s1. The molecule has 1 atom stereocenters. The molecule has 1 aliphatic heterocycles. The van der Waals surface area contributed by atoms with Crippen molar-refractivity contribution >= 4 is 46.9 Å². The fourth-order valence-corrected chi connectivity index (χ4v) is 3.83. The van der Waals surface area contributed by atoms with Crippen LogP contribution in [0.5, 0.6) is 0 Å². The normalized spacial score (nSPS) is 14.1. The highest BCUT2D eigenvalue weighted by Crippen LogP contribution is 2.30. The molecule has 0 bridgehead atoms. The molecule has 2 aromatic carbocycles. The average Bonchev–Trinajstić information content (AvgIpc) is 2.88. The number of ether oxygens (including phenoxy) is 2. The van der Waals surface area contributed by atoms with Gasteiger partial charge >= 0.3 is 11.9 Å². The maximum atomic E-state index is 13.2. The second-order valence-corrected chi connectivity index (χ2v) is 8.24. The minimum absolute atomic E-state index is 0.00572. The predicted molar refractivity (Wildman–Crippen MR) is 133 cm³/mol. The van der Waals surface area contributed by atoms with Crippen LogP contribution >= 0.6 is 0 Å². The van der Waals surface area contributed by atoms with E-state index in [1.807, 2.05) is 19.1 Å². The number of fused-ring (bicyclic) bond motifs is 1. The number of carbonyl (C=O) groups excluding carboxylic acids is 4. The van der Waals surface area contributed by atoms with Gasteiger partial charge in [0, 0.05) is 17.8 Å². The van der Waals surface area contributed by atoms with Gasteiger partial charge in [-0.2, -0.15) is 4.98 Å². The highest BCUT2D eigenvalue weighted by atomic mass is 16.5. The lowest BCUT2D eigenvalue weighted by atomic mass is 9.92. The summed E-state index contributed by atoms with van der Waals surface area (Å²) in [6.45, 7) is 1.94. The summed E-state index contributed by atoms with van der Waals surface area (Å²) in [4.78, 5) is 69.6. The van der Waals surface area contributed by atoms with E-state index in [1.54, 1.807) is 12.1 Å². The van der Waals surface area contributed by atoms with Gasteiger partial charge in [-0.25, -0.2) is 9.59 Å². The van der Waals surface area contributed by atoms with Crippen molar-refractivity contribution in [3.8, 4) is 0 Å². The first-order valence-electron chi connectivity index (χ1n) is 11.1. The summed E-state index contributed by atoms with van der Waals surface area (Å²) in [5.74, 6) is -3.84. The van der Waals surface area contributed by atoms with Gasteiger partial charge in [0.1, 0.15) is 5.82 Å². The Kier molecular flexibility index (Phi) is 7.00. The van der Waals surface area contributed by atoms with Crippen LogP contribution in [0.4, 0.5) is 23.1 Å². The van der Waals surface area contributed by atoms with Crippen molar-refractivity contribution in [3.05, 3.63) is 75.1 Å². The molecule has 0 unspecified atom stereocenters. The number of hydrogen-bond acceptors (Lipinski definition) is 9. The number of benzene rings is 2. The Hall–Kier alpha value is -5.00. The summed E-state index contributed by atoms with van der Waals surface area (Å²) in [7, 11) is 2.34. The molecule has 0 fully saturated rings. The SMILES string of the molecule is COC(=O)c1cc(NC(=O)[C@H]2CC(=O)Nc3nc(Nc4ccc(C)cc4)[nH]c(=O)c32)cc(C(=O)OC)c1. The van der Waals surface area contributed by atoms with Crippen molar-refractivity contribution in [3.63, 3.8) is 0 Å². The zero-order chi connectivity index (χ0) is 26.7. The number of H-pyrrole nitrogens is 1. The molecule has 1 aromatic heterocycles. The van der Waals surface area contributed by atoms with Crippen LogP contribution in [0.1, 0.15) is 44.2 Å². The molecule has 2 amide bonds. The van der Waals surface area contributed by atoms with Crippen molar-refractivity contribution in [2.45, 2.75) is 19.3 Å². The maximum absolute atomic E-state index is 13.2. The summed E-state index contributed by atoms with van der Waals surface area (Å²) in [5.41, 5.74) is 1.14. The van der Waals surface area contributed by atoms with Crippen LogP contribution < -0.4 is 21.5 Å². The second-order valence-electron chi connectivity index (χ2n) is 8.24. The Balaban J connectivity index is 1.65. The molecule has 4 N–H and O–H groups in total. The van der Waals surface area contributed by atoms with Crippen LogP contribution in [0.25, 0.3) is 0 Å². The highest BCUT2D eigenvalue weighted by Gasteiger charge is 2.35. The molecule has 190 valence electrons. The summed E-state index contributed by atoms with van der Waals surface area (Å²) in [5, 5.41) is 8.06. The first-order valence-corrected chi connectivity index (χ1v) is 11.1. The Morgan fingerprint density at radius 1 is 0.946 bits per heavy atom. The molecule has 2 heterocycles. The van der Waals surface area contributed by atoms with E-state index in [-0.39, 0.29) is 40.6 Å². The number of carbonyl (C=O) groups is 4. The Labute approximate surface area is 210 Å². The largest absolute Gasteiger partial charge is 0.465 e. The molecular formula is C25H23N5O7. The molecule has 12 nitrogen and oxygen atoms in total. The van der Waals surface area contributed by atoms with Gasteiger partial charge in [0.05, 0.1) is 36.8 Å². The number of nitrogens with zero attached hydrogens (tertiary/aromatic N) is 1. The predicted octanol–water partition coefficient (Wildman–Crippen LogP) is 2.46. The molecule has 0 saturated heterocycles. The zero-order valence-corrected chi connectivity index (χ0v) is 20.1. The lowest BCUT2D eigenvalue weighted by Gasteiger charge is -2.24. The fraction of sp³-hybridized carbons (Fsp3) is 0.200. The van der Waals surface area contributed by atoms with E-state index in [1.165, 1.54) is 32.4 Å². The number of rotatable bonds is 6. The third-order valence-electron chi connectivity index (χ3n) is 5.62. The summed E-state index contributed by atoms with van der Waals surface area (Å²) in [6.07, 6.45) is -0.311. The number of aromatic amines is 1. The van der Waals surface area contributed by atoms with Gasteiger partial charge in [0.2, 0.25) is 17.8 Å². The average molecular weight is 505 g/mol. The molecule has 4 rings (SSSR count). The third-order valence-corrected chi connectivity index (χ3v) is 5.62. The van der Waals surface area contributed by atoms with E-state index in [4.69, 9.17) is 9.47 Å². The number of hydrogen-bond donors (Lipinski definition) is 4. The molecule has 12 heteroatoms. The fourth-order valence-electron chi connectivity index (χ4n) is 3.83. The van der Waals surface area contributed by atoms with Crippen LogP contribution in [-0.4, -0.2) is 47.9 Å². The lowest BCUT2D eigenvalue weighted by Crippen LogP contribution is -2.36. The van der Waals surface area contributed by atoms with Crippen LogP contribution in [0.2, 0.25) is 0 Å². The number of esters is 2. The highest BCUT2D eigenvalue weighted by molar-refractivity contribution is 6.05. The van der Waals surface area contributed by atoms with Gasteiger partial charge in [-0.05, 0) is 37.3 Å². The molecule has 0 spiro atoms. The van der Waals surface area contributed by atoms with E-state index >= 15 is 0 Å². The van der Waals surface area contributed by atoms with Crippen molar-refractivity contribution in [2.24, 2.45) is 0 Å². The van der Waals surface area contributed by atoms with Crippen molar-refractivity contribution in [1.82, 2.24) is 9.97 Å². The van der Waals surface area contributed by atoms with E-state index in [9.17, 15) is 24.0 Å². The van der Waals surface area contributed by atoms with Crippen LogP contribution in [-0.2, 0) is 19.1 Å². The van der Waals surface area contributed by atoms with Crippen molar-refractivity contribution in [1.29, 1.82) is 0 Å². The van der Waals surface area contributed by atoms with Gasteiger partial charge in [0.25, 0.3) is 5.56 Å². The van der Waals surface area contributed by atoms with Gasteiger partial charge < -0.3 is 25.4 Å². The molecule has 0 saturated carbocycles. The number of aryl methyl sites for hydroxylation is 1. The smallest absolute Gasteiger partial charge is 0.337 e. The van der Waals surface area contributed by atoms with Gasteiger partial charge in [-0.3, -0.25) is 19.4 Å². The van der Waals surface area contributed by atoms with E-state index in [0.717, 1.165) is 5.56 Å². The Bertz CT molecular complexity index is 1430. The number of nitrogens with one attached hydrogen (secondary N) is 4. The van der Waals surface area contributed by atoms with Crippen LogP contribution in [0.15, 0.2) is 47.3 Å². The Morgan fingerprint density at radius 2 is 1.57 bits per heavy atom. The zero-order valence-electron chi connectivity index (χ0n) is 20.1. The van der Waals surface area contributed by atoms with Gasteiger partial charge in [-0.15, -0.1) is 0 Å². The van der Waals surface area contributed by atoms with Crippen LogP contribution in [0, 0.1) is 6.92 Å². The molecule has 3 aromatic rings. The minimum atomic E-state index is -1.18. The van der Waals surface area contributed by atoms with E-state index in [0.29, 0.717) is 5.69 Å². The van der Waals surface area contributed by atoms with Gasteiger partial charge in [-0.1, -0.05) is 17.7 Å². The monoisotopic (exact) mass is 505 g/mol. The summed E-state index contributed by atoms with van der Waals surface area (Å²) in [6, 6.07) is 11.2. The first-order chi connectivity index (χ1) is 17.7. The number of methoxy groups -OCH3 is 2.